The van der Waals surface area contributed by atoms with Crippen LogP contribution in [0, 0.1) is 0 Å². The predicted octanol–water partition coefficient (Wildman–Crippen LogP) is 24.9. The number of carbonyl (C=O) groups is 3. The molecule has 0 fully saturated rings. The fraction of sp³-hybridized carbons (Fsp3) is 0.853. The zero-order valence-electron chi connectivity index (χ0n) is 54.6. The number of esters is 3. The molecule has 0 spiro atoms. The highest BCUT2D eigenvalue weighted by Crippen LogP contribution is 2.19. The third-order valence-corrected chi connectivity index (χ3v) is 16.3. The Morgan fingerprint density at radius 2 is 0.481 bits per heavy atom. The number of unbranched alkanes of at least 4 members (excludes halogenated alkanes) is 48. The standard InChI is InChI=1S/C75H138O6/c1-4-7-10-13-16-19-22-25-28-30-32-34-36-37-39-40-42-44-47-50-53-56-59-62-65-68-74(77)80-71-72(70-79-73(76)67-64-61-58-55-52-49-46-27-24-21-18-15-12-9-6-3)81-75(78)69-66-63-60-57-54-51-48-45-43-41-38-35-33-31-29-26-23-20-17-14-11-8-5-2/h9,12,18,21,27,31,33,46,72H,4-8,10-11,13-17,19-20,22-26,28-30,32,34-45,47-71H2,1-3H3/b12-9-,21-18-,33-31-,46-27-. The van der Waals surface area contributed by atoms with Gasteiger partial charge < -0.3 is 14.2 Å². The summed E-state index contributed by atoms with van der Waals surface area (Å²) in [5.41, 5.74) is 0. The largest absolute Gasteiger partial charge is 0.462 e. The molecule has 1 atom stereocenters. The number of hydrogen-bond acceptors (Lipinski definition) is 6. The van der Waals surface area contributed by atoms with E-state index < -0.39 is 6.10 Å². The van der Waals surface area contributed by atoms with Gasteiger partial charge in [0.15, 0.2) is 6.10 Å². The summed E-state index contributed by atoms with van der Waals surface area (Å²) in [6.07, 6.45) is 88.6. The van der Waals surface area contributed by atoms with Gasteiger partial charge in [-0.25, -0.2) is 0 Å². The summed E-state index contributed by atoms with van der Waals surface area (Å²) >= 11 is 0. The van der Waals surface area contributed by atoms with Gasteiger partial charge in [-0.15, -0.1) is 0 Å². The highest BCUT2D eigenvalue weighted by atomic mass is 16.6. The molecule has 0 aliphatic rings. The molecule has 0 heterocycles. The van der Waals surface area contributed by atoms with Crippen LogP contribution in [0.15, 0.2) is 48.6 Å². The normalized spacial score (nSPS) is 12.3. The lowest BCUT2D eigenvalue weighted by molar-refractivity contribution is -0.167. The average molecular weight is 1140 g/mol. The van der Waals surface area contributed by atoms with Gasteiger partial charge in [-0.2, -0.15) is 0 Å². The minimum atomic E-state index is -0.781. The molecule has 81 heavy (non-hydrogen) atoms. The zero-order chi connectivity index (χ0) is 58.5. The van der Waals surface area contributed by atoms with Crippen LogP contribution in [-0.4, -0.2) is 37.2 Å². The van der Waals surface area contributed by atoms with Crippen molar-refractivity contribution in [2.45, 2.75) is 399 Å². The van der Waals surface area contributed by atoms with E-state index in [1.165, 1.54) is 257 Å². The fourth-order valence-corrected chi connectivity index (χ4v) is 10.9. The number of allylic oxidation sites excluding steroid dienone is 8. The minimum absolute atomic E-state index is 0.0746. The molecule has 6 nitrogen and oxygen atoms in total. The van der Waals surface area contributed by atoms with E-state index in [-0.39, 0.29) is 31.1 Å². The summed E-state index contributed by atoms with van der Waals surface area (Å²) in [4.78, 5) is 38.5. The number of ether oxygens (including phenoxy) is 3. The molecule has 0 N–H and O–H groups in total. The molecule has 0 saturated carbocycles. The molecule has 474 valence electrons. The summed E-state index contributed by atoms with van der Waals surface area (Å²) < 4.78 is 17.0. The van der Waals surface area contributed by atoms with Gasteiger partial charge in [0.25, 0.3) is 0 Å². The van der Waals surface area contributed by atoms with Gasteiger partial charge in [-0.1, -0.05) is 345 Å². The first kappa shape index (κ1) is 78.4. The Kier molecular flexibility index (Phi) is 67.6. The van der Waals surface area contributed by atoms with Crippen molar-refractivity contribution >= 4 is 17.9 Å². The van der Waals surface area contributed by atoms with Crippen LogP contribution in [0.3, 0.4) is 0 Å². The van der Waals surface area contributed by atoms with Crippen LogP contribution in [0.5, 0.6) is 0 Å². The summed E-state index contributed by atoms with van der Waals surface area (Å²) in [5.74, 6) is -0.866. The lowest BCUT2D eigenvalue weighted by atomic mass is 10.0. The van der Waals surface area contributed by atoms with Crippen LogP contribution in [0.1, 0.15) is 393 Å². The Labute approximate surface area is 505 Å². The second-order valence-corrected chi connectivity index (χ2v) is 24.5. The van der Waals surface area contributed by atoms with E-state index in [9.17, 15) is 14.4 Å². The Balaban J connectivity index is 4.27. The summed E-state index contributed by atoms with van der Waals surface area (Å²) in [7, 11) is 0. The van der Waals surface area contributed by atoms with Crippen molar-refractivity contribution in [3.8, 4) is 0 Å². The van der Waals surface area contributed by atoms with Gasteiger partial charge in [0.2, 0.25) is 0 Å². The molecule has 0 aromatic heterocycles. The predicted molar refractivity (Wildman–Crippen MR) is 353 cm³/mol. The van der Waals surface area contributed by atoms with Gasteiger partial charge in [-0.05, 0) is 77.0 Å². The van der Waals surface area contributed by atoms with Crippen LogP contribution in [0.4, 0.5) is 0 Å². The second kappa shape index (κ2) is 69.9. The average Bonchev–Trinajstić information content (AvgIpc) is 3.47. The van der Waals surface area contributed by atoms with E-state index in [4.69, 9.17) is 14.2 Å². The second-order valence-electron chi connectivity index (χ2n) is 24.5. The highest BCUT2D eigenvalue weighted by molar-refractivity contribution is 5.71. The smallest absolute Gasteiger partial charge is 0.306 e. The molecular weight excluding hydrogens is 997 g/mol. The molecule has 0 radical (unpaired) electrons. The Morgan fingerprint density at radius 3 is 0.765 bits per heavy atom. The maximum absolute atomic E-state index is 13.0. The third-order valence-electron chi connectivity index (χ3n) is 16.3. The van der Waals surface area contributed by atoms with Gasteiger partial charge in [-0.3, -0.25) is 14.4 Å². The molecule has 0 aromatic rings. The number of carbonyl (C=O) groups excluding carboxylic acids is 3. The van der Waals surface area contributed by atoms with Crippen molar-refractivity contribution in [1.29, 1.82) is 0 Å². The molecule has 0 rings (SSSR count). The molecule has 1 unspecified atom stereocenters. The Bertz CT molecular complexity index is 1400. The zero-order valence-corrected chi connectivity index (χ0v) is 54.6. The summed E-state index contributed by atoms with van der Waals surface area (Å²) in [6.45, 7) is 6.59. The van der Waals surface area contributed by atoms with Gasteiger partial charge in [0, 0.05) is 19.3 Å². The van der Waals surface area contributed by atoms with E-state index in [0.717, 1.165) is 96.3 Å². The van der Waals surface area contributed by atoms with Crippen molar-refractivity contribution < 1.29 is 28.6 Å². The van der Waals surface area contributed by atoms with E-state index in [1.807, 2.05) is 0 Å². The molecule has 0 saturated heterocycles. The van der Waals surface area contributed by atoms with E-state index in [1.54, 1.807) is 0 Å². The van der Waals surface area contributed by atoms with Crippen LogP contribution in [-0.2, 0) is 28.6 Å². The lowest BCUT2D eigenvalue weighted by Crippen LogP contribution is -2.30. The molecule has 0 aliphatic heterocycles. The quantitative estimate of drug-likeness (QED) is 0.0261. The van der Waals surface area contributed by atoms with Crippen molar-refractivity contribution in [3.05, 3.63) is 48.6 Å². The number of rotatable bonds is 67. The lowest BCUT2D eigenvalue weighted by Gasteiger charge is -2.18. The van der Waals surface area contributed by atoms with Crippen molar-refractivity contribution in [2.24, 2.45) is 0 Å². The Hall–Kier alpha value is -2.63. The van der Waals surface area contributed by atoms with E-state index >= 15 is 0 Å². The SMILES string of the molecule is CC/C=C\C/C=C\C/C=C\CCCCCCCC(=O)OCC(COC(=O)CCCCCCCCCCCCCCCCCCCCCCCCCCC)OC(=O)CCCCCCCCCCCCC/C=C\CCCCCCCCCC. The van der Waals surface area contributed by atoms with E-state index in [2.05, 4.69) is 69.4 Å². The maximum atomic E-state index is 13.0. The van der Waals surface area contributed by atoms with E-state index in [0.29, 0.717) is 19.3 Å². The van der Waals surface area contributed by atoms with Crippen LogP contribution in [0.2, 0.25) is 0 Å². The van der Waals surface area contributed by atoms with Gasteiger partial charge in [0.1, 0.15) is 13.2 Å². The molecule has 0 amide bonds. The van der Waals surface area contributed by atoms with Crippen molar-refractivity contribution in [3.63, 3.8) is 0 Å². The number of hydrogen-bond donors (Lipinski definition) is 0. The molecule has 0 aromatic carbocycles. The van der Waals surface area contributed by atoms with Crippen LogP contribution >= 0.6 is 0 Å². The molecular formula is C75H138O6. The van der Waals surface area contributed by atoms with Crippen molar-refractivity contribution in [2.75, 3.05) is 13.2 Å². The Morgan fingerprint density at radius 1 is 0.259 bits per heavy atom. The highest BCUT2D eigenvalue weighted by Gasteiger charge is 2.19. The topological polar surface area (TPSA) is 78.9 Å². The van der Waals surface area contributed by atoms with Crippen LogP contribution in [0.25, 0.3) is 0 Å². The third kappa shape index (κ3) is 68.0. The summed E-state index contributed by atoms with van der Waals surface area (Å²) in [5, 5.41) is 0. The first-order valence-electron chi connectivity index (χ1n) is 36.1. The fourth-order valence-electron chi connectivity index (χ4n) is 10.9. The molecule has 0 aliphatic carbocycles. The first-order chi connectivity index (χ1) is 40.0. The first-order valence-corrected chi connectivity index (χ1v) is 36.1. The van der Waals surface area contributed by atoms with Gasteiger partial charge in [0.05, 0.1) is 0 Å². The maximum Gasteiger partial charge on any atom is 0.306 e. The minimum Gasteiger partial charge on any atom is -0.462 e. The molecule has 0 bridgehead atoms. The van der Waals surface area contributed by atoms with Crippen molar-refractivity contribution in [1.82, 2.24) is 0 Å². The molecule has 6 heteroatoms. The van der Waals surface area contributed by atoms with Crippen LogP contribution < -0.4 is 0 Å². The summed E-state index contributed by atoms with van der Waals surface area (Å²) in [6, 6.07) is 0. The monoisotopic (exact) mass is 1140 g/mol. The van der Waals surface area contributed by atoms with Gasteiger partial charge >= 0.3 is 17.9 Å².